The minimum Gasteiger partial charge on any atom is -0.382 e. The van der Waals surface area contributed by atoms with E-state index < -0.39 is 10.0 Å². The van der Waals surface area contributed by atoms with Gasteiger partial charge in [0.15, 0.2) is 0 Å². The number of unbranched alkanes of at least 4 members (excludes halogenated alkanes) is 1. The van der Waals surface area contributed by atoms with Crippen molar-refractivity contribution in [2.75, 3.05) is 12.4 Å². The topological polar surface area (TPSA) is 58.2 Å². The standard InChI is InChI=1S/C14H24N2O2S/c1-5-6-7-12(3)16-14-10-13(9-8-11(14)2)19(17,18)15-4/h8-10,12,15-16H,5-7H2,1-4H3. The second-order valence-corrected chi connectivity index (χ2v) is 6.76. The molecular formula is C14H24N2O2S. The molecule has 0 radical (unpaired) electrons. The number of hydrogen-bond acceptors (Lipinski definition) is 3. The van der Waals surface area contributed by atoms with Crippen molar-refractivity contribution >= 4 is 15.7 Å². The van der Waals surface area contributed by atoms with E-state index in [0.717, 1.165) is 17.7 Å². The highest BCUT2D eigenvalue weighted by Gasteiger charge is 2.13. The summed E-state index contributed by atoms with van der Waals surface area (Å²) in [6.07, 6.45) is 3.42. The van der Waals surface area contributed by atoms with E-state index in [2.05, 4.69) is 23.9 Å². The third-order valence-corrected chi connectivity index (χ3v) is 4.59. The lowest BCUT2D eigenvalue weighted by Gasteiger charge is -2.17. The number of anilines is 1. The maximum atomic E-state index is 11.8. The van der Waals surface area contributed by atoms with Crippen LogP contribution in [0, 0.1) is 6.92 Å². The van der Waals surface area contributed by atoms with Gasteiger partial charge in [-0.15, -0.1) is 0 Å². The maximum absolute atomic E-state index is 11.8. The van der Waals surface area contributed by atoms with Crippen molar-refractivity contribution in [3.63, 3.8) is 0 Å². The van der Waals surface area contributed by atoms with Gasteiger partial charge in [0.25, 0.3) is 0 Å². The molecule has 0 saturated carbocycles. The van der Waals surface area contributed by atoms with Crippen molar-refractivity contribution in [2.24, 2.45) is 0 Å². The van der Waals surface area contributed by atoms with Gasteiger partial charge in [-0.2, -0.15) is 0 Å². The monoisotopic (exact) mass is 284 g/mol. The SMILES string of the molecule is CCCCC(C)Nc1cc(S(=O)(=O)NC)ccc1C. The highest BCUT2D eigenvalue weighted by molar-refractivity contribution is 7.89. The molecule has 19 heavy (non-hydrogen) atoms. The molecule has 1 aromatic rings. The molecule has 0 aliphatic carbocycles. The Labute approximate surface area is 116 Å². The first-order chi connectivity index (χ1) is 8.90. The molecule has 4 nitrogen and oxygen atoms in total. The van der Waals surface area contributed by atoms with Gasteiger partial charge in [-0.3, -0.25) is 0 Å². The lowest BCUT2D eigenvalue weighted by Crippen LogP contribution is -2.20. The Morgan fingerprint density at radius 1 is 1.32 bits per heavy atom. The molecule has 5 heteroatoms. The summed E-state index contributed by atoms with van der Waals surface area (Å²) < 4.78 is 25.9. The normalized spacial score (nSPS) is 13.3. The molecule has 0 spiro atoms. The average Bonchev–Trinajstić information content (AvgIpc) is 2.38. The predicted octanol–water partition coefficient (Wildman–Crippen LogP) is 2.89. The van der Waals surface area contributed by atoms with Crippen molar-refractivity contribution in [1.82, 2.24) is 4.72 Å². The van der Waals surface area contributed by atoms with E-state index in [1.807, 2.05) is 13.0 Å². The predicted molar refractivity (Wildman–Crippen MR) is 80.0 cm³/mol. The van der Waals surface area contributed by atoms with Crippen LogP contribution in [0.1, 0.15) is 38.7 Å². The van der Waals surface area contributed by atoms with E-state index in [1.165, 1.54) is 19.9 Å². The summed E-state index contributed by atoms with van der Waals surface area (Å²) in [6, 6.07) is 5.50. The lowest BCUT2D eigenvalue weighted by molar-refractivity contribution is 0.588. The van der Waals surface area contributed by atoms with Crippen LogP contribution in [-0.4, -0.2) is 21.5 Å². The smallest absolute Gasteiger partial charge is 0.240 e. The van der Waals surface area contributed by atoms with Gasteiger partial charge >= 0.3 is 0 Å². The van der Waals surface area contributed by atoms with E-state index in [-0.39, 0.29) is 0 Å². The summed E-state index contributed by atoms with van der Waals surface area (Å²) in [6.45, 7) is 6.26. The third-order valence-electron chi connectivity index (χ3n) is 3.18. The van der Waals surface area contributed by atoms with Crippen molar-refractivity contribution < 1.29 is 8.42 Å². The molecule has 0 fully saturated rings. The summed E-state index contributed by atoms with van der Waals surface area (Å²) in [7, 11) is -1.96. The fraction of sp³-hybridized carbons (Fsp3) is 0.571. The van der Waals surface area contributed by atoms with E-state index in [4.69, 9.17) is 0 Å². The lowest BCUT2D eigenvalue weighted by atomic mass is 10.1. The molecule has 0 bridgehead atoms. The van der Waals surface area contributed by atoms with Gasteiger partial charge in [0.1, 0.15) is 0 Å². The summed E-state index contributed by atoms with van der Waals surface area (Å²) in [5.74, 6) is 0. The second-order valence-electron chi connectivity index (χ2n) is 4.87. The molecule has 108 valence electrons. The number of sulfonamides is 1. The minimum atomic E-state index is -3.38. The van der Waals surface area contributed by atoms with Gasteiger partial charge in [-0.25, -0.2) is 13.1 Å². The number of rotatable bonds is 7. The fourth-order valence-electron chi connectivity index (χ4n) is 1.89. The Morgan fingerprint density at radius 3 is 2.58 bits per heavy atom. The van der Waals surface area contributed by atoms with E-state index in [0.29, 0.717) is 10.9 Å². The van der Waals surface area contributed by atoms with Gasteiger partial charge < -0.3 is 5.32 Å². The number of hydrogen-bond donors (Lipinski definition) is 2. The molecular weight excluding hydrogens is 260 g/mol. The fourth-order valence-corrected chi connectivity index (χ4v) is 2.65. The van der Waals surface area contributed by atoms with Crippen LogP contribution in [-0.2, 0) is 10.0 Å². The summed E-state index contributed by atoms with van der Waals surface area (Å²) in [4.78, 5) is 0.297. The van der Waals surface area contributed by atoms with Gasteiger partial charge in [0, 0.05) is 11.7 Å². The Balaban J connectivity index is 2.92. The van der Waals surface area contributed by atoms with Crippen molar-refractivity contribution in [2.45, 2.75) is 51.0 Å². The minimum absolute atomic E-state index is 0.297. The maximum Gasteiger partial charge on any atom is 0.240 e. The highest BCUT2D eigenvalue weighted by Crippen LogP contribution is 2.21. The van der Waals surface area contributed by atoms with Crippen LogP contribution in [0.4, 0.5) is 5.69 Å². The summed E-state index contributed by atoms with van der Waals surface area (Å²) in [5, 5.41) is 3.39. The Hall–Kier alpha value is -1.07. The first-order valence-corrected chi connectivity index (χ1v) is 8.19. The molecule has 1 aromatic carbocycles. The Bertz CT molecular complexity index is 512. The molecule has 0 aliphatic heterocycles. The molecule has 2 N–H and O–H groups in total. The van der Waals surface area contributed by atoms with Crippen LogP contribution in [0.3, 0.4) is 0 Å². The molecule has 1 unspecified atom stereocenters. The molecule has 1 atom stereocenters. The van der Waals surface area contributed by atoms with Gasteiger partial charge in [-0.05, 0) is 45.0 Å². The van der Waals surface area contributed by atoms with Gasteiger partial charge in [0.05, 0.1) is 4.90 Å². The van der Waals surface area contributed by atoms with E-state index in [9.17, 15) is 8.42 Å². The first-order valence-electron chi connectivity index (χ1n) is 6.71. The molecule has 0 heterocycles. The van der Waals surface area contributed by atoms with Gasteiger partial charge in [-0.1, -0.05) is 25.8 Å². The highest BCUT2D eigenvalue weighted by atomic mass is 32.2. The van der Waals surface area contributed by atoms with Gasteiger partial charge in [0.2, 0.25) is 10.0 Å². The van der Waals surface area contributed by atoms with Crippen molar-refractivity contribution in [3.05, 3.63) is 23.8 Å². The quantitative estimate of drug-likeness (QED) is 0.809. The number of benzene rings is 1. The van der Waals surface area contributed by atoms with E-state index in [1.54, 1.807) is 12.1 Å². The van der Waals surface area contributed by atoms with Crippen LogP contribution >= 0.6 is 0 Å². The molecule has 0 aromatic heterocycles. The molecule has 1 rings (SSSR count). The largest absolute Gasteiger partial charge is 0.382 e. The average molecular weight is 284 g/mol. The third kappa shape index (κ3) is 4.51. The zero-order chi connectivity index (χ0) is 14.5. The van der Waals surface area contributed by atoms with Crippen LogP contribution in [0.2, 0.25) is 0 Å². The van der Waals surface area contributed by atoms with Crippen molar-refractivity contribution in [1.29, 1.82) is 0 Å². The van der Waals surface area contributed by atoms with Crippen LogP contribution in [0.25, 0.3) is 0 Å². The zero-order valence-corrected chi connectivity index (χ0v) is 13.0. The molecule has 0 saturated heterocycles. The summed E-state index contributed by atoms with van der Waals surface area (Å²) in [5.41, 5.74) is 1.94. The summed E-state index contributed by atoms with van der Waals surface area (Å²) >= 11 is 0. The Kier molecular flexibility index (Phi) is 5.82. The first kappa shape index (κ1) is 16.0. The van der Waals surface area contributed by atoms with Crippen LogP contribution in [0.5, 0.6) is 0 Å². The molecule has 0 amide bonds. The Morgan fingerprint density at radius 2 is 2.00 bits per heavy atom. The number of aryl methyl sites for hydroxylation is 1. The van der Waals surface area contributed by atoms with Crippen molar-refractivity contribution in [3.8, 4) is 0 Å². The number of nitrogens with one attached hydrogen (secondary N) is 2. The van der Waals surface area contributed by atoms with E-state index >= 15 is 0 Å². The van der Waals surface area contributed by atoms with Crippen LogP contribution in [0.15, 0.2) is 23.1 Å². The van der Waals surface area contributed by atoms with Crippen LogP contribution < -0.4 is 10.0 Å². The molecule has 0 aliphatic rings. The zero-order valence-electron chi connectivity index (χ0n) is 12.2. The second kappa shape index (κ2) is 6.91.